The Morgan fingerprint density at radius 2 is 2.14 bits per heavy atom. The van der Waals surface area contributed by atoms with E-state index in [1.165, 1.54) is 35.6 Å². The van der Waals surface area contributed by atoms with Crippen LogP contribution in [0.5, 0.6) is 5.75 Å². The molecule has 1 saturated heterocycles. The van der Waals surface area contributed by atoms with Gasteiger partial charge in [0.05, 0.1) is 22.9 Å². The Morgan fingerprint density at radius 1 is 1.31 bits per heavy atom. The molecular weight excluding hydrogens is 391 g/mol. The van der Waals surface area contributed by atoms with Crippen LogP contribution in [0.15, 0.2) is 42.5 Å². The van der Waals surface area contributed by atoms with Gasteiger partial charge in [-0.1, -0.05) is 30.4 Å². The zero-order chi connectivity index (χ0) is 20.2. The molecule has 0 radical (unpaired) electrons. The Kier molecular flexibility index (Phi) is 6.06. The summed E-state index contributed by atoms with van der Waals surface area (Å²) in [6, 6.07) is 11.8. The number of fused-ring (bicyclic) bond motifs is 1. The molecule has 1 aliphatic heterocycles. The lowest BCUT2D eigenvalue weighted by Gasteiger charge is -2.23. The molecule has 152 valence electrons. The normalized spacial score (nSPS) is 16.3. The van der Waals surface area contributed by atoms with Crippen LogP contribution in [-0.2, 0) is 16.0 Å². The van der Waals surface area contributed by atoms with Gasteiger partial charge < -0.3 is 9.47 Å². The zero-order valence-electron chi connectivity index (χ0n) is 16.3. The summed E-state index contributed by atoms with van der Waals surface area (Å²) < 4.78 is 25.5. The number of aromatic nitrogens is 1. The van der Waals surface area contributed by atoms with Crippen molar-refractivity contribution in [2.24, 2.45) is 0 Å². The van der Waals surface area contributed by atoms with Gasteiger partial charge in [0, 0.05) is 6.61 Å². The highest BCUT2D eigenvalue weighted by atomic mass is 32.1. The van der Waals surface area contributed by atoms with Gasteiger partial charge in [-0.15, -0.1) is 0 Å². The summed E-state index contributed by atoms with van der Waals surface area (Å²) in [6.07, 6.45) is 2.81. The lowest BCUT2D eigenvalue weighted by atomic mass is 10.1. The second-order valence-corrected chi connectivity index (χ2v) is 8.00. The van der Waals surface area contributed by atoms with Gasteiger partial charge in [0.15, 0.2) is 11.7 Å². The number of rotatable bonds is 7. The smallest absolute Gasteiger partial charge is 0.266 e. The van der Waals surface area contributed by atoms with Crippen molar-refractivity contribution < 1.29 is 18.7 Å². The van der Waals surface area contributed by atoms with Crippen LogP contribution in [0.25, 0.3) is 10.2 Å². The average molecular weight is 415 g/mol. The first-order valence-electron chi connectivity index (χ1n) is 9.83. The monoisotopic (exact) mass is 414 g/mol. The van der Waals surface area contributed by atoms with E-state index in [2.05, 4.69) is 13.0 Å². The van der Waals surface area contributed by atoms with Crippen molar-refractivity contribution in [2.75, 3.05) is 24.7 Å². The number of nitrogens with zero attached hydrogens (tertiary/aromatic N) is 2. The Balaban J connectivity index is 1.57. The average Bonchev–Trinajstić information content (AvgIpc) is 3.40. The molecule has 0 saturated carbocycles. The van der Waals surface area contributed by atoms with Crippen molar-refractivity contribution in [3.05, 3.63) is 53.8 Å². The number of amides is 1. The van der Waals surface area contributed by atoms with E-state index in [4.69, 9.17) is 14.5 Å². The first-order valence-corrected chi connectivity index (χ1v) is 10.6. The maximum atomic E-state index is 13.1. The topological polar surface area (TPSA) is 51.7 Å². The van der Waals surface area contributed by atoms with Crippen LogP contribution in [-0.4, -0.2) is 36.8 Å². The highest BCUT2D eigenvalue weighted by Crippen LogP contribution is 2.32. The standard InChI is InChI=1S/C22H23FN2O3S/c1-2-15-5-3-7-19-21(15)24-22(29-19)25(13-18-6-4-12-27-18)20(26)14-28-17-10-8-16(23)9-11-17/h3,5,7-11,18H,2,4,6,12-14H2,1H3/t18-/m0/s1. The number of aryl methyl sites for hydroxylation is 1. The number of carbonyl (C=O) groups excluding carboxylic acids is 1. The third kappa shape index (κ3) is 4.57. The molecule has 0 unspecified atom stereocenters. The number of hydrogen-bond donors (Lipinski definition) is 0. The van der Waals surface area contributed by atoms with Crippen molar-refractivity contribution in [1.82, 2.24) is 4.98 Å². The van der Waals surface area contributed by atoms with Crippen molar-refractivity contribution in [1.29, 1.82) is 0 Å². The SMILES string of the molecule is CCc1cccc2sc(N(C[C@@H]3CCCO3)C(=O)COc3ccc(F)cc3)nc12. The molecule has 0 N–H and O–H groups in total. The highest BCUT2D eigenvalue weighted by Gasteiger charge is 2.26. The maximum absolute atomic E-state index is 13.1. The fraction of sp³-hybridized carbons (Fsp3) is 0.364. The molecule has 0 bridgehead atoms. The largest absolute Gasteiger partial charge is 0.484 e. The van der Waals surface area contributed by atoms with E-state index < -0.39 is 0 Å². The second-order valence-electron chi connectivity index (χ2n) is 7.00. The summed E-state index contributed by atoms with van der Waals surface area (Å²) in [5, 5.41) is 0.657. The lowest BCUT2D eigenvalue weighted by Crippen LogP contribution is -2.40. The Labute approximate surface area is 173 Å². The van der Waals surface area contributed by atoms with Crippen LogP contribution in [0.2, 0.25) is 0 Å². The number of hydrogen-bond acceptors (Lipinski definition) is 5. The number of carbonyl (C=O) groups is 1. The highest BCUT2D eigenvalue weighted by molar-refractivity contribution is 7.22. The number of thiazole rings is 1. The summed E-state index contributed by atoms with van der Waals surface area (Å²) in [6.45, 7) is 3.13. The molecule has 5 nitrogen and oxygen atoms in total. The minimum absolute atomic E-state index is 0.00225. The molecule has 2 heterocycles. The zero-order valence-corrected chi connectivity index (χ0v) is 17.1. The molecule has 1 atom stereocenters. The van der Waals surface area contributed by atoms with Crippen LogP contribution >= 0.6 is 11.3 Å². The van der Waals surface area contributed by atoms with Gasteiger partial charge in [0.2, 0.25) is 0 Å². The number of halogens is 1. The minimum atomic E-state index is -0.343. The fourth-order valence-corrected chi connectivity index (χ4v) is 4.47. The van der Waals surface area contributed by atoms with Gasteiger partial charge in [-0.05, 0) is 55.2 Å². The first-order chi connectivity index (χ1) is 14.1. The second kappa shape index (κ2) is 8.88. The summed E-state index contributed by atoms with van der Waals surface area (Å²) >= 11 is 1.50. The predicted octanol–water partition coefficient (Wildman–Crippen LogP) is 4.59. The predicted molar refractivity (Wildman–Crippen MR) is 112 cm³/mol. The van der Waals surface area contributed by atoms with Gasteiger partial charge >= 0.3 is 0 Å². The Hall–Kier alpha value is -2.51. The molecule has 1 aromatic heterocycles. The van der Waals surface area contributed by atoms with Crippen LogP contribution in [0.1, 0.15) is 25.3 Å². The molecule has 0 aliphatic carbocycles. The third-order valence-corrected chi connectivity index (χ3v) is 6.03. The minimum Gasteiger partial charge on any atom is -0.484 e. The number of benzene rings is 2. The van der Waals surface area contributed by atoms with E-state index >= 15 is 0 Å². The van der Waals surface area contributed by atoms with Crippen LogP contribution in [0.4, 0.5) is 9.52 Å². The van der Waals surface area contributed by atoms with E-state index in [9.17, 15) is 9.18 Å². The Morgan fingerprint density at radius 3 is 2.86 bits per heavy atom. The van der Waals surface area contributed by atoms with E-state index in [0.717, 1.165) is 41.6 Å². The van der Waals surface area contributed by atoms with Crippen LogP contribution in [0, 0.1) is 5.82 Å². The number of anilines is 1. The van der Waals surface area contributed by atoms with E-state index in [1.54, 1.807) is 4.90 Å². The van der Waals surface area contributed by atoms with Crippen molar-refractivity contribution in [3.63, 3.8) is 0 Å². The molecular formula is C22H23FN2O3S. The van der Waals surface area contributed by atoms with E-state index in [1.807, 2.05) is 12.1 Å². The summed E-state index contributed by atoms with van der Waals surface area (Å²) in [5.41, 5.74) is 2.11. The van der Waals surface area contributed by atoms with Gasteiger partial charge in [0.1, 0.15) is 11.6 Å². The molecule has 1 amide bonds. The van der Waals surface area contributed by atoms with Gasteiger partial charge in [-0.3, -0.25) is 9.69 Å². The van der Waals surface area contributed by atoms with Gasteiger partial charge in [0.25, 0.3) is 5.91 Å². The van der Waals surface area contributed by atoms with Crippen molar-refractivity contribution in [3.8, 4) is 5.75 Å². The molecule has 2 aromatic carbocycles. The summed E-state index contributed by atoms with van der Waals surface area (Å²) in [5.74, 6) is -0.0822. The molecule has 7 heteroatoms. The Bertz CT molecular complexity index is 983. The molecule has 4 rings (SSSR count). The van der Waals surface area contributed by atoms with Crippen molar-refractivity contribution >= 4 is 32.6 Å². The van der Waals surface area contributed by atoms with Gasteiger partial charge in [-0.25, -0.2) is 9.37 Å². The molecule has 0 spiro atoms. The van der Waals surface area contributed by atoms with E-state index in [0.29, 0.717) is 17.4 Å². The third-order valence-electron chi connectivity index (χ3n) is 4.99. The van der Waals surface area contributed by atoms with Crippen LogP contribution in [0.3, 0.4) is 0 Å². The quantitative estimate of drug-likeness (QED) is 0.568. The lowest BCUT2D eigenvalue weighted by molar-refractivity contribution is -0.120. The molecule has 1 fully saturated rings. The fourth-order valence-electron chi connectivity index (χ4n) is 3.43. The van der Waals surface area contributed by atoms with E-state index in [-0.39, 0.29) is 24.4 Å². The molecule has 29 heavy (non-hydrogen) atoms. The van der Waals surface area contributed by atoms with Gasteiger partial charge in [-0.2, -0.15) is 0 Å². The van der Waals surface area contributed by atoms with Crippen LogP contribution < -0.4 is 9.64 Å². The molecule has 3 aromatic rings. The summed E-state index contributed by atoms with van der Waals surface area (Å²) in [4.78, 5) is 19.5. The first kappa shape index (κ1) is 19.8. The number of ether oxygens (including phenoxy) is 2. The summed E-state index contributed by atoms with van der Waals surface area (Å²) in [7, 11) is 0. The van der Waals surface area contributed by atoms with Crippen molar-refractivity contribution in [2.45, 2.75) is 32.3 Å². The molecule has 1 aliphatic rings. The maximum Gasteiger partial charge on any atom is 0.266 e. The number of para-hydroxylation sites is 1.